The van der Waals surface area contributed by atoms with E-state index in [-0.39, 0.29) is 0 Å². The SMILES string of the molecule is CCOc1ccccc1Oc1cccnc1CN. The van der Waals surface area contributed by atoms with Gasteiger partial charge in [0.15, 0.2) is 11.5 Å². The largest absolute Gasteiger partial charge is 0.490 e. The Morgan fingerprint density at radius 1 is 1.06 bits per heavy atom. The fourth-order valence-electron chi connectivity index (χ4n) is 1.60. The molecule has 2 rings (SSSR count). The van der Waals surface area contributed by atoms with E-state index in [0.29, 0.717) is 30.4 Å². The summed E-state index contributed by atoms with van der Waals surface area (Å²) in [6.07, 6.45) is 1.70. The first-order valence-corrected chi connectivity index (χ1v) is 5.88. The van der Waals surface area contributed by atoms with Gasteiger partial charge in [-0.05, 0) is 31.2 Å². The summed E-state index contributed by atoms with van der Waals surface area (Å²) in [5.41, 5.74) is 6.35. The van der Waals surface area contributed by atoms with Gasteiger partial charge >= 0.3 is 0 Å². The summed E-state index contributed by atoms with van der Waals surface area (Å²) < 4.78 is 11.3. The quantitative estimate of drug-likeness (QED) is 0.878. The van der Waals surface area contributed by atoms with Gasteiger partial charge in [-0.2, -0.15) is 0 Å². The molecule has 0 saturated heterocycles. The van der Waals surface area contributed by atoms with Crippen molar-refractivity contribution < 1.29 is 9.47 Å². The van der Waals surface area contributed by atoms with Gasteiger partial charge in [0.25, 0.3) is 0 Å². The average molecular weight is 244 g/mol. The van der Waals surface area contributed by atoms with E-state index in [1.165, 1.54) is 0 Å². The Morgan fingerprint density at radius 3 is 2.50 bits per heavy atom. The number of pyridine rings is 1. The lowest BCUT2D eigenvalue weighted by Gasteiger charge is -2.12. The van der Waals surface area contributed by atoms with Crippen LogP contribution in [0, 0.1) is 0 Å². The van der Waals surface area contributed by atoms with Crippen LogP contribution in [0.15, 0.2) is 42.6 Å². The summed E-state index contributed by atoms with van der Waals surface area (Å²) in [5.74, 6) is 2.04. The molecule has 94 valence electrons. The molecule has 0 saturated carbocycles. The van der Waals surface area contributed by atoms with Crippen molar-refractivity contribution >= 4 is 0 Å². The van der Waals surface area contributed by atoms with Gasteiger partial charge in [0.05, 0.1) is 12.3 Å². The van der Waals surface area contributed by atoms with Gasteiger partial charge in [0.2, 0.25) is 0 Å². The van der Waals surface area contributed by atoms with Crippen molar-refractivity contribution in [2.75, 3.05) is 6.61 Å². The van der Waals surface area contributed by atoms with Gasteiger partial charge < -0.3 is 15.2 Å². The van der Waals surface area contributed by atoms with E-state index in [1.807, 2.05) is 43.3 Å². The van der Waals surface area contributed by atoms with Gasteiger partial charge in [0.1, 0.15) is 5.75 Å². The number of rotatable bonds is 5. The zero-order chi connectivity index (χ0) is 12.8. The summed E-state index contributed by atoms with van der Waals surface area (Å²) in [5, 5.41) is 0. The Hall–Kier alpha value is -2.07. The van der Waals surface area contributed by atoms with E-state index in [2.05, 4.69) is 4.98 Å². The smallest absolute Gasteiger partial charge is 0.169 e. The molecular formula is C14H16N2O2. The van der Waals surface area contributed by atoms with Crippen LogP contribution < -0.4 is 15.2 Å². The first-order chi connectivity index (χ1) is 8.85. The lowest BCUT2D eigenvalue weighted by Crippen LogP contribution is -2.02. The molecule has 0 fully saturated rings. The summed E-state index contributed by atoms with van der Waals surface area (Å²) in [4.78, 5) is 4.18. The Balaban J connectivity index is 2.28. The molecule has 18 heavy (non-hydrogen) atoms. The van der Waals surface area contributed by atoms with E-state index < -0.39 is 0 Å². The summed E-state index contributed by atoms with van der Waals surface area (Å²) >= 11 is 0. The van der Waals surface area contributed by atoms with Crippen molar-refractivity contribution in [2.45, 2.75) is 13.5 Å². The van der Waals surface area contributed by atoms with Crippen LogP contribution in [-0.4, -0.2) is 11.6 Å². The lowest BCUT2D eigenvalue weighted by molar-refractivity contribution is 0.320. The Kier molecular flexibility index (Phi) is 4.15. The monoisotopic (exact) mass is 244 g/mol. The molecule has 2 N–H and O–H groups in total. The summed E-state index contributed by atoms with van der Waals surface area (Å²) in [7, 11) is 0. The standard InChI is InChI=1S/C14H16N2O2/c1-2-17-13-6-3-4-7-14(13)18-12-8-5-9-16-11(12)10-15/h3-9H,2,10,15H2,1H3. The van der Waals surface area contributed by atoms with Gasteiger partial charge in [-0.15, -0.1) is 0 Å². The van der Waals surface area contributed by atoms with E-state index in [9.17, 15) is 0 Å². The second-order valence-corrected chi connectivity index (χ2v) is 3.63. The zero-order valence-electron chi connectivity index (χ0n) is 10.3. The van der Waals surface area contributed by atoms with Crippen LogP contribution >= 0.6 is 0 Å². The first-order valence-electron chi connectivity index (χ1n) is 5.88. The molecule has 0 radical (unpaired) electrons. The number of nitrogens with two attached hydrogens (primary N) is 1. The molecule has 0 amide bonds. The molecule has 0 aliphatic rings. The maximum Gasteiger partial charge on any atom is 0.169 e. The number of para-hydroxylation sites is 2. The van der Waals surface area contributed by atoms with Crippen LogP contribution in [0.2, 0.25) is 0 Å². The fourth-order valence-corrected chi connectivity index (χ4v) is 1.60. The third kappa shape index (κ3) is 2.78. The lowest BCUT2D eigenvalue weighted by atomic mass is 10.3. The predicted octanol–water partition coefficient (Wildman–Crippen LogP) is 2.73. The van der Waals surface area contributed by atoms with Crippen LogP contribution in [0.1, 0.15) is 12.6 Å². The molecule has 0 aliphatic carbocycles. The molecule has 0 spiro atoms. The van der Waals surface area contributed by atoms with E-state index in [0.717, 1.165) is 5.69 Å². The third-order valence-electron chi connectivity index (χ3n) is 2.41. The summed E-state index contributed by atoms with van der Waals surface area (Å²) in [6.45, 7) is 2.87. The van der Waals surface area contributed by atoms with Crippen molar-refractivity contribution in [1.29, 1.82) is 0 Å². The van der Waals surface area contributed by atoms with Gasteiger partial charge in [-0.1, -0.05) is 12.1 Å². The molecule has 4 heteroatoms. The predicted molar refractivity (Wildman–Crippen MR) is 69.8 cm³/mol. The molecule has 0 atom stereocenters. The van der Waals surface area contributed by atoms with Gasteiger partial charge in [-0.25, -0.2) is 0 Å². The zero-order valence-corrected chi connectivity index (χ0v) is 10.3. The highest BCUT2D eigenvalue weighted by Crippen LogP contribution is 2.32. The Morgan fingerprint density at radius 2 is 1.78 bits per heavy atom. The number of benzene rings is 1. The number of aromatic nitrogens is 1. The minimum absolute atomic E-state index is 0.340. The molecule has 1 aromatic carbocycles. The first kappa shape index (κ1) is 12.4. The fraction of sp³-hybridized carbons (Fsp3) is 0.214. The number of nitrogens with zero attached hydrogens (tertiary/aromatic N) is 1. The van der Waals surface area contributed by atoms with Crippen molar-refractivity contribution in [3.8, 4) is 17.2 Å². The minimum Gasteiger partial charge on any atom is -0.490 e. The molecule has 4 nitrogen and oxygen atoms in total. The topological polar surface area (TPSA) is 57.4 Å². The van der Waals surface area contributed by atoms with E-state index in [4.69, 9.17) is 15.2 Å². The highest BCUT2D eigenvalue weighted by atomic mass is 16.5. The molecule has 1 heterocycles. The maximum absolute atomic E-state index is 5.82. The van der Waals surface area contributed by atoms with Crippen LogP contribution in [0.4, 0.5) is 0 Å². The number of hydrogen-bond acceptors (Lipinski definition) is 4. The molecule has 0 bridgehead atoms. The number of hydrogen-bond donors (Lipinski definition) is 1. The second-order valence-electron chi connectivity index (χ2n) is 3.63. The highest BCUT2D eigenvalue weighted by Gasteiger charge is 2.08. The molecule has 2 aromatic rings. The van der Waals surface area contributed by atoms with Gasteiger partial charge in [0, 0.05) is 12.7 Å². The van der Waals surface area contributed by atoms with Crippen LogP contribution in [0.3, 0.4) is 0 Å². The normalized spacial score (nSPS) is 10.1. The van der Waals surface area contributed by atoms with Crippen LogP contribution in [0.25, 0.3) is 0 Å². The van der Waals surface area contributed by atoms with E-state index in [1.54, 1.807) is 6.20 Å². The average Bonchev–Trinajstić information content (AvgIpc) is 2.42. The minimum atomic E-state index is 0.340. The third-order valence-corrected chi connectivity index (χ3v) is 2.41. The van der Waals surface area contributed by atoms with Crippen LogP contribution in [-0.2, 0) is 6.54 Å². The molecule has 1 aromatic heterocycles. The van der Waals surface area contributed by atoms with Crippen molar-refractivity contribution in [3.05, 3.63) is 48.3 Å². The summed E-state index contributed by atoms with van der Waals surface area (Å²) in [6, 6.07) is 11.2. The van der Waals surface area contributed by atoms with Gasteiger partial charge in [-0.3, -0.25) is 4.98 Å². The Bertz CT molecular complexity index is 515. The van der Waals surface area contributed by atoms with Crippen molar-refractivity contribution in [2.24, 2.45) is 5.73 Å². The maximum atomic E-state index is 5.82. The van der Waals surface area contributed by atoms with Crippen molar-refractivity contribution in [1.82, 2.24) is 4.98 Å². The van der Waals surface area contributed by atoms with E-state index >= 15 is 0 Å². The second kappa shape index (κ2) is 6.02. The van der Waals surface area contributed by atoms with Crippen molar-refractivity contribution in [3.63, 3.8) is 0 Å². The highest BCUT2D eigenvalue weighted by molar-refractivity contribution is 5.43. The molecule has 0 unspecified atom stereocenters. The molecule has 0 aliphatic heterocycles. The number of ether oxygens (including phenoxy) is 2. The van der Waals surface area contributed by atoms with Crippen LogP contribution in [0.5, 0.6) is 17.2 Å². The Labute approximate surface area is 106 Å². The molecular weight excluding hydrogens is 228 g/mol.